The summed E-state index contributed by atoms with van der Waals surface area (Å²) < 4.78 is 0. The van der Waals surface area contributed by atoms with Gasteiger partial charge in [-0.05, 0) is 36.8 Å². The summed E-state index contributed by atoms with van der Waals surface area (Å²) in [6.45, 7) is 1.94. The molecule has 2 N–H and O–H groups in total. The Morgan fingerprint density at radius 3 is 2.73 bits per heavy atom. The minimum Gasteiger partial charge on any atom is -0.320 e. The summed E-state index contributed by atoms with van der Waals surface area (Å²) in [6, 6.07) is 16.7. The Hall–Kier alpha value is -2.59. The van der Waals surface area contributed by atoms with Crippen LogP contribution >= 0.6 is 11.6 Å². The molecule has 3 aromatic rings. The number of nitrogens with one attached hydrogen (secondary N) is 2. The molecular formula is C17H14ClN3O. The van der Waals surface area contributed by atoms with Crippen LogP contribution < -0.4 is 5.32 Å². The second-order valence-corrected chi connectivity index (χ2v) is 5.38. The zero-order valence-corrected chi connectivity index (χ0v) is 12.7. The molecule has 5 heteroatoms. The van der Waals surface area contributed by atoms with E-state index in [1.54, 1.807) is 18.2 Å². The zero-order valence-electron chi connectivity index (χ0n) is 11.9. The molecule has 0 unspecified atom stereocenters. The SMILES string of the molecule is Cc1ccccc1NC(=O)c1cc(-c2cccc(Cl)c2)n[nH]1. The molecule has 0 atom stereocenters. The lowest BCUT2D eigenvalue weighted by Crippen LogP contribution is -2.13. The fourth-order valence-electron chi connectivity index (χ4n) is 2.14. The normalized spacial score (nSPS) is 10.5. The van der Waals surface area contributed by atoms with Crippen molar-refractivity contribution in [1.82, 2.24) is 10.2 Å². The van der Waals surface area contributed by atoms with Crippen molar-refractivity contribution in [2.45, 2.75) is 6.92 Å². The molecule has 0 bridgehead atoms. The number of benzene rings is 2. The molecule has 22 heavy (non-hydrogen) atoms. The summed E-state index contributed by atoms with van der Waals surface area (Å²) in [7, 11) is 0. The Bertz CT molecular complexity index is 826. The minimum atomic E-state index is -0.227. The van der Waals surface area contributed by atoms with E-state index in [4.69, 9.17) is 11.6 Å². The number of aromatic amines is 1. The van der Waals surface area contributed by atoms with Gasteiger partial charge in [0.1, 0.15) is 5.69 Å². The molecule has 0 saturated heterocycles. The highest BCUT2D eigenvalue weighted by Gasteiger charge is 2.12. The monoisotopic (exact) mass is 311 g/mol. The van der Waals surface area contributed by atoms with E-state index < -0.39 is 0 Å². The van der Waals surface area contributed by atoms with Gasteiger partial charge >= 0.3 is 0 Å². The van der Waals surface area contributed by atoms with Crippen molar-refractivity contribution in [3.63, 3.8) is 0 Å². The molecule has 3 rings (SSSR count). The smallest absolute Gasteiger partial charge is 0.273 e. The van der Waals surface area contributed by atoms with Gasteiger partial charge < -0.3 is 5.32 Å². The molecule has 0 fully saturated rings. The van der Waals surface area contributed by atoms with Gasteiger partial charge in [0.15, 0.2) is 0 Å². The third-order valence-corrected chi connectivity index (χ3v) is 3.57. The summed E-state index contributed by atoms with van der Waals surface area (Å²) >= 11 is 5.97. The number of hydrogen-bond donors (Lipinski definition) is 2. The van der Waals surface area contributed by atoms with Crippen LogP contribution in [0.1, 0.15) is 16.1 Å². The van der Waals surface area contributed by atoms with E-state index in [0.717, 1.165) is 16.8 Å². The number of carbonyl (C=O) groups excluding carboxylic acids is 1. The molecular weight excluding hydrogens is 298 g/mol. The number of halogens is 1. The molecule has 0 aliphatic rings. The molecule has 1 heterocycles. The van der Waals surface area contributed by atoms with Crippen molar-refractivity contribution in [3.8, 4) is 11.3 Å². The van der Waals surface area contributed by atoms with Gasteiger partial charge in [-0.3, -0.25) is 9.89 Å². The van der Waals surface area contributed by atoms with E-state index in [1.807, 2.05) is 43.3 Å². The van der Waals surface area contributed by atoms with Gasteiger partial charge in [-0.15, -0.1) is 0 Å². The van der Waals surface area contributed by atoms with E-state index in [0.29, 0.717) is 16.4 Å². The molecule has 1 aromatic heterocycles. The lowest BCUT2D eigenvalue weighted by molar-refractivity contribution is 0.102. The number of anilines is 1. The lowest BCUT2D eigenvalue weighted by atomic mass is 10.1. The number of aryl methyl sites for hydroxylation is 1. The second-order valence-electron chi connectivity index (χ2n) is 4.95. The summed E-state index contributed by atoms with van der Waals surface area (Å²) in [6.07, 6.45) is 0. The first-order valence-corrected chi connectivity index (χ1v) is 7.19. The zero-order chi connectivity index (χ0) is 15.5. The van der Waals surface area contributed by atoms with Crippen LogP contribution in [-0.4, -0.2) is 16.1 Å². The van der Waals surface area contributed by atoms with Crippen LogP contribution in [0.3, 0.4) is 0 Å². The highest BCUT2D eigenvalue weighted by atomic mass is 35.5. The van der Waals surface area contributed by atoms with Crippen LogP contribution in [0.25, 0.3) is 11.3 Å². The van der Waals surface area contributed by atoms with Crippen molar-refractivity contribution in [2.24, 2.45) is 0 Å². The van der Waals surface area contributed by atoms with Crippen LogP contribution in [-0.2, 0) is 0 Å². The molecule has 2 aromatic carbocycles. The summed E-state index contributed by atoms with van der Waals surface area (Å²) in [5, 5.41) is 10.4. The quantitative estimate of drug-likeness (QED) is 0.758. The minimum absolute atomic E-state index is 0.227. The van der Waals surface area contributed by atoms with Crippen molar-refractivity contribution in [3.05, 3.63) is 70.9 Å². The van der Waals surface area contributed by atoms with E-state index in [2.05, 4.69) is 15.5 Å². The lowest BCUT2D eigenvalue weighted by Gasteiger charge is -2.06. The topological polar surface area (TPSA) is 57.8 Å². The maximum absolute atomic E-state index is 12.3. The first kappa shape index (κ1) is 14.4. The highest BCUT2D eigenvalue weighted by Crippen LogP contribution is 2.22. The van der Waals surface area contributed by atoms with Gasteiger partial charge in [0.25, 0.3) is 5.91 Å². The molecule has 0 spiro atoms. The van der Waals surface area contributed by atoms with Crippen molar-refractivity contribution in [1.29, 1.82) is 0 Å². The largest absolute Gasteiger partial charge is 0.320 e. The van der Waals surface area contributed by atoms with Crippen LogP contribution in [0.2, 0.25) is 5.02 Å². The molecule has 1 amide bonds. The molecule has 0 radical (unpaired) electrons. The Morgan fingerprint density at radius 2 is 1.95 bits per heavy atom. The summed E-state index contributed by atoms with van der Waals surface area (Å²) in [5.74, 6) is -0.227. The fraction of sp³-hybridized carbons (Fsp3) is 0.0588. The Morgan fingerprint density at radius 1 is 1.14 bits per heavy atom. The molecule has 110 valence electrons. The number of amides is 1. The number of para-hydroxylation sites is 1. The van der Waals surface area contributed by atoms with Crippen molar-refractivity contribution in [2.75, 3.05) is 5.32 Å². The van der Waals surface area contributed by atoms with Gasteiger partial charge in [-0.1, -0.05) is 41.9 Å². The Kier molecular flexibility index (Phi) is 3.94. The predicted octanol–water partition coefficient (Wildman–Crippen LogP) is 4.29. The molecule has 4 nitrogen and oxygen atoms in total. The predicted molar refractivity (Wildman–Crippen MR) is 88.2 cm³/mol. The second kappa shape index (κ2) is 6.03. The molecule has 0 aliphatic heterocycles. The first-order valence-electron chi connectivity index (χ1n) is 6.82. The molecule has 0 saturated carbocycles. The Balaban J connectivity index is 1.82. The van der Waals surface area contributed by atoms with Crippen LogP contribution in [0.4, 0.5) is 5.69 Å². The van der Waals surface area contributed by atoms with Gasteiger partial charge in [-0.2, -0.15) is 5.10 Å². The standard InChI is InChI=1S/C17H14ClN3O/c1-11-5-2-3-8-14(11)19-17(22)16-10-15(20-21-16)12-6-4-7-13(18)9-12/h2-10H,1H3,(H,19,22)(H,20,21). The van der Waals surface area contributed by atoms with Gasteiger partial charge in [0.2, 0.25) is 0 Å². The van der Waals surface area contributed by atoms with E-state index in [9.17, 15) is 4.79 Å². The third kappa shape index (κ3) is 3.02. The van der Waals surface area contributed by atoms with Crippen molar-refractivity contribution < 1.29 is 4.79 Å². The highest BCUT2D eigenvalue weighted by molar-refractivity contribution is 6.30. The number of aromatic nitrogens is 2. The van der Waals surface area contributed by atoms with Crippen LogP contribution in [0.15, 0.2) is 54.6 Å². The van der Waals surface area contributed by atoms with Gasteiger partial charge in [0, 0.05) is 16.3 Å². The number of carbonyl (C=O) groups is 1. The van der Waals surface area contributed by atoms with Crippen LogP contribution in [0.5, 0.6) is 0 Å². The number of rotatable bonds is 3. The van der Waals surface area contributed by atoms with E-state index in [1.165, 1.54) is 0 Å². The third-order valence-electron chi connectivity index (χ3n) is 3.34. The average molecular weight is 312 g/mol. The van der Waals surface area contributed by atoms with Crippen LogP contribution in [0, 0.1) is 6.92 Å². The number of hydrogen-bond acceptors (Lipinski definition) is 2. The average Bonchev–Trinajstić information content (AvgIpc) is 2.99. The van der Waals surface area contributed by atoms with E-state index >= 15 is 0 Å². The summed E-state index contributed by atoms with van der Waals surface area (Å²) in [4.78, 5) is 12.3. The summed E-state index contributed by atoms with van der Waals surface area (Å²) in [5.41, 5.74) is 3.73. The molecule has 0 aliphatic carbocycles. The van der Waals surface area contributed by atoms with E-state index in [-0.39, 0.29) is 5.91 Å². The number of nitrogens with zero attached hydrogens (tertiary/aromatic N) is 1. The van der Waals surface area contributed by atoms with Crippen molar-refractivity contribution >= 4 is 23.2 Å². The van der Waals surface area contributed by atoms with Gasteiger partial charge in [0.05, 0.1) is 5.69 Å². The van der Waals surface area contributed by atoms with Gasteiger partial charge in [-0.25, -0.2) is 0 Å². The maximum atomic E-state index is 12.3. The first-order chi connectivity index (χ1) is 10.6. The Labute approximate surface area is 133 Å². The maximum Gasteiger partial charge on any atom is 0.273 e. The fourth-order valence-corrected chi connectivity index (χ4v) is 2.33. The number of H-pyrrole nitrogens is 1.